The fraction of sp³-hybridized carbons (Fsp3) is 0.778. The monoisotopic (exact) mass is 402 g/mol. The van der Waals surface area contributed by atoms with E-state index in [1.165, 1.54) is 44.1 Å². The molecule has 0 radical (unpaired) electrons. The van der Waals surface area contributed by atoms with Crippen molar-refractivity contribution in [3.8, 4) is 5.75 Å². The average Bonchev–Trinajstić information content (AvgIpc) is 2.63. The van der Waals surface area contributed by atoms with Crippen LogP contribution in [-0.2, 0) is 4.74 Å². The van der Waals surface area contributed by atoms with E-state index in [0.29, 0.717) is 23.2 Å². The van der Waals surface area contributed by atoms with Gasteiger partial charge in [0.05, 0.1) is 6.61 Å². The number of hydrogen-bond acceptors (Lipinski definition) is 2. The van der Waals surface area contributed by atoms with E-state index in [4.69, 9.17) is 9.47 Å². The summed E-state index contributed by atoms with van der Waals surface area (Å²) in [5.74, 6) is 2.52. The minimum absolute atomic E-state index is 0.114. The van der Waals surface area contributed by atoms with Crippen LogP contribution in [-0.4, -0.2) is 12.9 Å². The van der Waals surface area contributed by atoms with Gasteiger partial charge in [0, 0.05) is 5.92 Å². The second-order valence-corrected chi connectivity index (χ2v) is 11.9. The van der Waals surface area contributed by atoms with E-state index >= 15 is 0 Å². The van der Waals surface area contributed by atoms with Crippen molar-refractivity contribution in [2.75, 3.05) is 6.61 Å². The minimum atomic E-state index is -0.114. The Morgan fingerprint density at radius 2 is 1.48 bits per heavy atom. The molecule has 1 aromatic rings. The molecular formula is C27H46O2. The molecule has 0 aliphatic heterocycles. The Kier molecular flexibility index (Phi) is 8.64. The molecular weight excluding hydrogens is 356 g/mol. The molecule has 166 valence electrons. The largest absolute Gasteiger partial charge is 0.465 e. The van der Waals surface area contributed by atoms with Crippen LogP contribution in [0.15, 0.2) is 24.3 Å². The molecule has 1 aliphatic rings. The van der Waals surface area contributed by atoms with Gasteiger partial charge in [0.1, 0.15) is 5.75 Å². The van der Waals surface area contributed by atoms with Crippen molar-refractivity contribution >= 4 is 0 Å². The van der Waals surface area contributed by atoms with Crippen LogP contribution in [0, 0.1) is 22.7 Å². The third kappa shape index (κ3) is 8.32. The van der Waals surface area contributed by atoms with Gasteiger partial charge in [-0.2, -0.15) is 0 Å². The second-order valence-electron chi connectivity index (χ2n) is 11.9. The molecule has 0 heterocycles. The molecule has 0 saturated heterocycles. The Hall–Kier alpha value is -1.02. The molecule has 29 heavy (non-hydrogen) atoms. The van der Waals surface area contributed by atoms with Gasteiger partial charge in [0.25, 0.3) is 0 Å². The molecule has 2 nitrogen and oxygen atoms in total. The highest BCUT2D eigenvalue weighted by atomic mass is 16.7. The summed E-state index contributed by atoms with van der Waals surface area (Å²) in [6, 6.07) is 8.87. The zero-order valence-corrected chi connectivity index (χ0v) is 20.4. The Balaban J connectivity index is 2.12. The van der Waals surface area contributed by atoms with E-state index in [-0.39, 0.29) is 11.7 Å². The van der Waals surface area contributed by atoms with Gasteiger partial charge in [-0.25, -0.2) is 0 Å². The molecule has 0 aromatic heterocycles. The lowest BCUT2D eigenvalue weighted by Gasteiger charge is -2.36. The Morgan fingerprint density at radius 1 is 0.897 bits per heavy atom. The highest BCUT2D eigenvalue weighted by molar-refractivity contribution is 5.30. The van der Waals surface area contributed by atoms with Crippen LogP contribution in [0.2, 0.25) is 0 Å². The van der Waals surface area contributed by atoms with Crippen LogP contribution in [0.3, 0.4) is 0 Å². The number of benzene rings is 1. The van der Waals surface area contributed by atoms with E-state index in [9.17, 15) is 0 Å². The van der Waals surface area contributed by atoms with Gasteiger partial charge < -0.3 is 9.47 Å². The second kappa shape index (κ2) is 10.3. The summed E-state index contributed by atoms with van der Waals surface area (Å²) < 4.78 is 12.6. The maximum atomic E-state index is 6.40. The van der Waals surface area contributed by atoms with Crippen molar-refractivity contribution in [2.45, 2.75) is 106 Å². The van der Waals surface area contributed by atoms with Crippen LogP contribution in [0.5, 0.6) is 5.75 Å². The number of rotatable bonds is 8. The summed E-state index contributed by atoms with van der Waals surface area (Å²) in [6.45, 7) is 19.2. The molecule has 1 aromatic carbocycles. The lowest BCUT2D eigenvalue weighted by Crippen LogP contribution is -2.32. The van der Waals surface area contributed by atoms with E-state index in [1.54, 1.807) is 0 Å². The molecule has 1 fully saturated rings. The maximum Gasteiger partial charge on any atom is 0.202 e. The summed E-state index contributed by atoms with van der Waals surface area (Å²) in [7, 11) is 0. The normalized spacial score (nSPS) is 18.7. The first-order valence-corrected chi connectivity index (χ1v) is 11.8. The fourth-order valence-electron chi connectivity index (χ4n) is 4.41. The van der Waals surface area contributed by atoms with Gasteiger partial charge in [-0.15, -0.1) is 0 Å². The predicted molar refractivity (Wildman–Crippen MR) is 124 cm³/mol. The van der Waals surface area contributed by atoms with Gasteiger partial charge in [0.15, 0.2) is 0 Å². The standard InChI is InChI=1S/C27H46O2/c1-20(2)19-28-25(22-12-10-9-11-13-22)29-23-16-14-21(15-17-23)24(27(6,7)8)18-26(3,4)5/h14-17,20,22,24-25H,9-13,18-19H2,1-8H3. The first kappa shape index (κ1) is 24.3. The van der Waals surface area contributed by atoms with Crippen LogP contribution in [0.1, 0.15) is 105 Å². The third-order valence-electron chi connectivity index (χ3n) is 6.03. The molecule has 2 unspecified atom stereocenters. The van der Waals surface area contributed by atoms with E-state index in [2.05, 4.69) is 79.7 Å². The van der Waals surface area contributed by atoms with Gasteiger partial charge >= 0.3 is 0 Å². The van der Waals surface area contributed by atoms with Crippen LogP contribution in [0.4, 0.5) is 0 Å². The fourth-order valence-corrected chi connectivity index (χ4v) is 4.41. The summed E-state index contributed by atoms with van der Waals surface area (Å²) >= 11 is 0. The Labute approximate surface area is 180 Å². The molecule has 0 bridgehead atoms. The topological polar surface area (TPSA) is 18.5 Å². The van der Waals surface area contributed by atoms with Crippen molar-refractivity contribution < 1.29 is 9.47 Å². The highest BCUT2D eigenvalue weighted by Gasteiger charge is 2.31. The molecule has 0 spiro atoms. The van der Waals surface area contributed by atoms with Crippen molar-refractivity contribution in [2.24, 2.45) is 22.7 Å². The lowest BCUT2D eigenvalue weighted by atomic mass is 9.69. The van der Waals surface area contributed by atoms with Gasteiger partial charge in [-0.05, 0) is 59.6 Å². The Bertz CT molecular complexity index is 582. The van der Waals surface area contributed by atoms with Crippen molar-refractivity contribution in [3.63, 3.8) is 0 Å². The van der Waals surface area contributed by atoms with E-state index < -0.39 is 0 Å². The van der Waals surface area contributed by atoms with E-state index in [0.717, 1.165) is 12.4 Å². The smallest absolute Gasteiger partial charge is 0.202 e. The van der Waals surface area contributed by atoms with Crippen LogP contribution >= 0.6 is 0 Å². The first-order valence-electron chi connectivity index (χ1n) is 11.8. The zero-order valence-electron chi connectivity index (χ0n) is 20.4. The number of hydrogen-bond donors (Lipinski definition) is 0. The van der Waals surface area contributed by atoms with Gasteiger partial charge in [-0.3, -0.25) is 0 Å². The first-order chi connectivity index (χ1) is 13.5. The number of ether oxygens (including phenoxy) is 2. The molecule has 2 rings (SSSR count). The van der Waals surface area contributed by atoms with Gasteiger partial charge in [-0.1, -0.05) is 86.8 Å². The summed E-state index contributed by atoms with van der Waals surface area (Å²) in [4.78, 5) is 0. The van der Waals surface area contributed by atoms with Crippen molar-refractivity contribution in [1.82, 2.24) is 0 Å². The van der Waals surface area contributed by atoms with Crippen molar-refractivity contribution in [3.05, 3.63) is 29.8 Å². The van der Waals surface area contributed by atoms with Crippen molar-refractivity contribution in [1.29, 1.82) is 0 Å². The van der Waals surface area contributed by atoms with Crippen LogP contribution < -0.4 is 4.74 Å². The summed E-state index contributed by atoms with van der Waals surface area (Å²) in [6.07, 6.45) is 7.46. The predicted octanol–water partition coefficient (Wildman–Crippen LogP) is 8.21. The quantitative estimate of drug-likeness (QED) is 0.408. The summed E-state index contributed by atoms with van der Waals surface area (Å²) in [5, 5.41) is 0. The minimum Gasteiger partial charge on any atom is -0.465 e. The molecule has 2 atom stereocenters. The lowest BCUT2D eigenvalue weighted by molar-refractivity contribution is -0.129. The molecule has 1 saturated carbocycles. The van der Waals surface area contributed by atoms with Crippen LogP contribution in [0.25, 0.3) is 0 Å². The average molecular weight is 403 g/mol. The summed E-state index contributed by atoms with van der Waals surface area (Å²) in [5.41, 5.74) is 1.96. The molecule has 0 N–H and O–H groups in total. The highest BCUT2D eigenvalue weighted by Crippen LogP contribution is 2.43. The zero-order chi connectivity index (χ0) is 21.7. The molecule has 2 heteroatoms. The van der Waals surface area contributed by atoms with Gasteiger partial charge in [0.2, 0.25) is 6.29 Å². The molecule has 1 aliphatic carbocycles. The maximum absolute atomic E-state index is 6.40. The third-order valence-corrected chi connectivity index (χ3v) is 6.03. The molecule has 0 amide bonds. The Morgan fingerprint density at radius 3 is 1.97 bits per heavy atom. The SMILES string of the molecule is CC(C)COC(Oc1ccc(C(CC(C)(C)C)C(C)(C)C)cc1)C1CCCCC1. The van der Waals surface area contributed by atoms with E-state index in [1.807, 2.05) is 0 Å².